The smallest absolute Gasteiger partial charge is 0.203 e. The van der Waals surface area contributed by atoms with Gasteiger partial charge in [-0.2, -0.15) is 0 Å². The SMILES string of the molecule is CCC(c1cc(OC)c(OC)c(OC)c1)N1C=CC=CC=C1CCc1ccccc1-c1ccccc1. The second-order valence-electron chi connectivity index (χ2n) is 8.70. The van der Waals surface area contributed by atoms with Crippen LogP contribution in [0, 0.1) is 0 Å². The lowest BCUT2D eigenvalue weighted by Crippen LogP contribution is -2.23. The van der Waals surface area contributed by atoms with E-state index in [1.54, 1.807) is 21.3 Å². The first kappa shape index (κ1) is 25.2. The van der Waals surface area contributed by atoms with Crippen LogP contribution in [-0.2, 0) is 6.42 Å². The number of methoxy groups -OCH3 is 3. The summed E-state index contributed by atoms with van der Waals surface area (Å²) in [5, 5.41) is 0. The molecule has 0 radical (unpaired) electrons. The van der Waals surface area contributed by atoms with Crippen molar-refractivity contribution in [2.45, 2.75) is 32.2 Å². The molecule has 186 valence electrons. The van der Waals surface area contributed by atoms with Gasteiger partial charge in [0.05, 0.1) is 27.4 Å². The fourth-order valence-corrected chi connectivity index (χ4v) is 4.86. The first-order chi connectivity index (χ1) is 17.7. The Balaban J connectivity index is 1.64. The molecule has 0 amide bonds. The maximum absolute atomic E-state index is 5.64. The minimum absolute atomic E-state index is 0.116. The van der Waals surface area contributed by atoms with Crippen molar-refractivity contribution >= 4 is 0 Å². The van der Waals surface area contributed by atoms with E-state index in [0.717, 1.165) is 24.8 Å². The van der Waals surface area contributed by atoms with Crippen LogP contribution < -0.4 is 14.2 Å². The summed E-state index contributed by atoms with van der Waals surface area (Å²) < 4.78 is 16.8. The summed E-state index contributed by atoms with van der Waals surface area (Å²) in [5.74, 6) is 1.95. The molecular formula is C32H35NO3. The Labute approximate surface area is 215 Å². The highest BCUT2D eigenvalue weighted by atomic mass is 16.5. The van der Waals surface area contributed by atoms with E-state index >= 15 is 0 Å². The Morgan fingerprint density at radius 3 is 2.11 bits per heavy atom. The van der Waals surface area contributed by atoms with Gasteiger partial charge >= 0.3 is 0 Å². The average molecular weight is 482 g/mol. The molecule has 0 fully saturated rings. The quantitative estimate of drug-likeness (QED) is 0.296. The van der Waals surface area contributed by atoms with Gasteiger partial charge in [-0.3, -0.25) is 0 Å². The predicted molar refractivity (Wildman–Crippen MR) is 148 cm³/mol. The van der Waals surface area contributed by atoms with E-state index in [-0.39, 0.29) is 6.04 Å². The Kier molecular flexibility index (Phi) is 8.51. The molecule has 0 N–H and O–H groups in total. The number of hydrogen-bond donors (Lipinski definition) is 0. The molecule has 0 saturated carbocycles. The molecule has 1 aliphatic rings. The molecule has 0 spiro atoms. The third-order valence-electron chi connectivity index (χ3n) is 6.64. The fourth-order valence-electron chi connectivity index (χ4n) is 4.86. The normalized spacial score (nSPS) is 13.7. The molecule has 1 unspecified atom stereocenters. The summed E-state index contributed by atoms with van der Waals surface area (Å²) in [6, 6.07) is 23.6. The number of nitrogens with zero attached hydrogens (tertiary/aromatic N) is 1. The maximum atomic E-state index is 5.64. The molecule has 0 saturated heterocycles. The second-order valence-corrected chi connectivity index (χ2v) is 8.70. The molecule has 0 aromatic heterocycles. The van der Waals surface area contributed by atoms with E-state index in [4.69, 9.17) is 14.2 Å². The van der Waals surface area contributed by atoms with Gasteiger partial charge in [0.15, 0.2) is 11.5 Å². The first-order valence-electron chi connectivity index (χ1n) is 12.5. The minimum atomic E-state index is 0.116. The summed E-state index contributed by atoms with van der Waals surface area (Å²) in [5.41, 5.74) is 6.28. The number of ether oxygens (including phenoxy) is 3. The Morgan fingerprint density at radius 2 is 1.44 bits per heavy atom. The fraction of sp³-hybridized carbons (Fsp3) is 0.250. The lowest BCUT2D eigenvalue weighted by molar-refractivity contribution is 0.309. The summed E-state index contributed by atoms with van der Waals surface area (Å²) >= 11 is 0. The van der Waals surface area contributed by atoms with Crippen LogP contribution >= 0.6 is 0 Å². The monoisotopic (exact) mass is 481 g/mol. The van der Waals surface area contributed by atoms with Crippen LogP contribution in [0.2, 0.25) is 0 Å². The minimum Gasteiger partial charge on any atom is -0.493 e. The van der Waals surface area contributed by atoms with Gasteiger partial charge in [-0.15, -0.1) is 0 Å². The molecule has 0 aliphatic carbocycles. The van der Waals surface area contributed by atoms with Crippen LogP contribution in [0.25, 0.3) is 11.1 Å². The van der Waals surface area contributed by atoms with Crippen molar-refractivity contribution in [3.8, 4) is 28.4 Å². The van der Waals surface area contributed by atoms with E-state index in [2.05, 4.69) is 109 Å². The largest absolute Gasteiger partial charge is 0.493 e. The summed E-state index contributed by atoms with van der Waals surface area (Å²) in [6.45, 7) is 2.21. The van der Waals surface area contributed by atoms with Gasteiger partial charge in [0.1, 0.15) is 0 Å². The number of rotatable bonds is 10. The zero-order valence-electron chi connectivity index (χ0n) is 21.6. The molecule has 1 aliphatic heterocycles. The van der Waals surface area contributed by atoms with E-state index in [1.165, 1.54) is 22.4 Å². The standard InChI is InChI=1S/C32H35NO3/c1-5-29(26-22-30(34-2)32(36-4)31(23-26)35-3)33-21-13-7-10-17-27(33)20-19-25-16-11-12-18-28(25)24-14-8-6-9-15-24/h6-18,21-23,29H,5,19-20H2,1-4H3. The number of aryl methyl sites for hydroxylation is 1. The molecule has 36 heavy (non-hydrogen) atoms. The third-order valence-corrected chi connectivity index (χ3v) is 6.64. The van der Waals surface area contributed by atoms with Gasteiger partial charge in [-0.25, -0.2) is 0 Å². The highest BCUT2D eigenvalue weighted by Gasteiger charge is 2.24. The van der Waals surface area contributed by atoms with Crippen molar-refractivity contribution in [1.82, 2.24) is 4.90 Å². The van der Waals surface area contributed by atoms with Gasteiger partial charge in [0.2, 0.25) is 5.75 Å². The average Bonchev–Trinajstić information content (AvgIpc) is 3.17. The van der Waals surface area contributed by atoms with Crippen LogP contribution in [-0.4, -0.2) is 26.2 Å². The van der Waals surface area contributed by atoms with Crippen molar-refractivity contribution in [3.63, 3.8) is 0 Å². The van der Waals surface area contributed by atoms with Crippen LogP contribution in [0.4, 0.5) is 0 Å². The Hall–Kier alpha value is -3.92. The lowest BCUT2D eigenvalue weighted by Gasteiger charge is -2.33. The van der Waals surface area contributed by atoms with Crippen LogP contribution in [0.1, 0.15) is 36.9 Å². The number of benzene rings is 3. The highest BCUT2D eigenvalue weighted by molar-refractivity contribution is 5.67. The number of allylic oxidation sites excluding steroid dienone is 5. The van der Waals surface area contributed by atoms with Crippen molar-refractivity contribution in [1.29, 1.82) is 0 Å². The lowest BCUT2D eigenvalue weighted by atomic mass is 9.95. The van der Waals surface area contributed by atoms with Crippen molar-refractivity contribution in [3.05, 3.63) is 114 Å². The van der Waals surface area contributed by atoms with Gasteiger partial charge < -0.3 is 19.1 Å². The molecule has 3 aromatic carbocycles. The molecular weight excluding hydrogens is 446 g/mol. The molecule has 1 atom stereocenters. The molecule has 1 heterocycles. The zero-order chi connectivity index (χ0) is 25.3. The van der Waals surface area contributed by atoms with Crippen molar-refractivity contribution < 1.29 is 14.2 Å². The molecule has 4 rings (SSSR count). The highest BCUT2D eigenvalue weighted by Crippen LogP contribution is 2.42. The van der Waals surface area contributed by atoms with Crippen LogP contribution in [0.5, 0.6) is 17.2 Å². The third kappa shape index (κ3) is 5.49. The van der Waals surface area contributed by atoms with E-state index < -0.39 is 0 Å². The zero-order valence-corrected chi connectivity index (χ0v) is 21.6. The topological polar surface area (TPSA) is 30.9 Å². The molecule has 3 aromatic rings. The Bertz CT molecular complexity index is 1220. The van der Waals surface area contributed by atoms with Crippen LogP contribution in [0.15, 0.2) is 103 Å². The van der Waals surface area contributed by atoms with Crippen molar-refractivity contribution in [2.24, 2.45) is 0 Å². The first-order valence-corrected chi connectivity index (χ1v) is 12.5. The van der Waals surface area contributed by atoms with Gasteiger partial charge in [0, 0.05) is 11.9 Å². The summed E-state index contributed by atoms with van der Waals surface area (Å²) in [7, 11) is 4.95. The Morgan fingerprint density at radius 1 is 0.750 bits per heavy atom. The maximum Gasteiger partial charge on any atom is 0.203 e. The predicted octanol–water partition coefficient (Wildman–Crippen LogP) is 7.73. The van der Waals surface area contributed by atoms with E-state index in [9.17, 15) is 0 Å². The van der Waals surface area contributed by atoms with Gasteiger partial charge in [-0.05, 0) is 65.8 Å². The number of hydrogen-bond acceptors (Lipinski definition) is 4. The molecule has 4 heteroatoms. The molecule has 4 nitrogen and oxygen atoms in total. The van der Waals surface area contributed by atoms with Gasteiger partial charge in [-0.1, -0.05) is 73.7 Å². The van der Waals surface area contributed by atoms with Crippen LogP contribution in [0.3, 0.4) is 0 Å². The second kappa shape index (κ2) is 12.2. The van der Waals surface area contributed by atoms with Gasteiger partial charge in [0.25, 0.3) is 0 Å². The van der Waals surface area contributed by atoms with Crippen molar-refractivity contribution in [2.75, 3.05) is 21.3 Å². The summed E-state index contributed by atoms with van der Waals surface area (Å²) in [6.07, 6.45) is 13.5. The molecule has 0 bridgehead atoms. The van der Waals surface area contributed by atoms with E-state index in [0.29, 0.717) is 17.2 Å². The summed E-state index contributed by atoms with van der Waals surface area (Å²) in [4.78, 5) is 2.38. The van der Waals surface area contributed by atoms with E-state index in [1.807, 2.05) is 0 Å².